The highest BCUT2D eigenvalue weighted by atomic mass is 32.2. The molecule has 0 spiro atoms. The standard InChI is InChI=1S/C19H17N5O5S3/c1-12(21-17-15-4-2-3-5-16(15)32(28,29)23-17)18(25)22-13-6-8-14(9-7-13)31(26,27)24-19-20-10-11-30-19/h2-12H,1H3,(H,20,24)(H,21,23)(H,22,25)/t12-/m1/s1. The lowest BCUT2D eigenvalue weighted by molar-refractivity contribution is -0.117. The van der Waals surface area contributed by atoms with Gasteiger partial charge in [0.05, 0.1) is 9.79 Å². The van der Waals surface area contributed by atoms with E-state index in [9.17, 15) is 21.6 Å². The zero-order valence-corrected chi connectivity index (χ0v) is 19.0. The van der Waals surface area contributed by atoms with Gasteiger partial charge in [-0.3, -0.25) is 19.2 Å². The average Bonchev–Trinajstić information content (AvgIpc) is 3.34. The number of fused-ring (bicyclic) bond motifs is 1. The second kappa shape index (κ2) is 8.33. The molecular formula is C19H17N5O5S3. The van der Waals surface area contributed by atoms with Crippen molar-refractivity contribution in [3.8, 4) is 0 Å². The van der Waals surface area contributed by atoms with Gasteiger partial charge in [0.2, 0.25) is 5.91 Å². The first-order valence-electron chi connectivity index (χ1n) is 9.19. The number of benzene rings is 2. The minimum Gasteiger partial charge on any atom is -0.324 e. The predicted molar refractivity (Wildman–Crippen MR) is 121 cm³/mol. The van der Waals surface area contributed by atoms with Crippen LogP contribution in [-0.4, -0.2) is 39.6 Å². The summed E-state index contributed by atoms with van der Waals surface area (Å²) >= 11 is 1.15. The number of aliphatic imine (C=N–C) groups is 1. The average molecular weight is 492 g/mol. The third-order valence-corrected chi connectivity index (χ3v) is 8.02. The number of anilines is 2. The summed E-state index contributed by atoms with van der Waals surface area (Å²) in [4.78, 5) is 20.7. The highest BCUT2D eigenvalue weighted by Gasteiger charge is 2.31. The molecule has 0 saturated carbocycles. The van der Waals surface area contributed by atoms with Crippen LogP contribution in [0, 0.1) is 0 Å². The van der Waals surface area contributed by atoms with E-state index in [0.29, 0.717) is 11.3 Å². The largest absolute Gasteiger partial charge is 0.324 e. The molecule has 13 heteroatoms. The predicted octanol–water partition coefficient (Wildman–Crippen LogP) is 2.01. The second-order valence-corrected chi connectivity index (χ2v) is 10.9. The number of sulfonamides is 2. The maximum Gasteiger partial charge on any atom is 0.263 e. The van der Waals surface area contributed by atoms with Crippen LogP contribution in [0.5, 0.6) is 0 Å². The number of aromatic nitrogens is 1. The fourth-order valence-corrected chi connectivity index (χ4v) is 5.92. The van der Waals surface area contributed by atoms with Gasteiger partial charge in [0.15, 0.2) is 5.13 Å². The Morgan fingerprint density at radius 3 is 2.56 bits per heavy atom. The molecule has 2 heterocycles. The highest BCUT2D eigenvalue weighted by molar-refractivity contribution is 7.93. The van der Waals surface area contributed by atoms with Crippen LogP contribution in [0.15, 0.2) is 74.9 Å². The van der Waals surface area contributed by atoms with E-state index in [1.54, 1.807) is 23.6 Å². The molecule has 10 nitrogen and oxygen atoms in total. The van der Waals surface area contributed by atoms with Crippen molar-refractivity contribution in [2.45, 2.75) is 22.8 Å². The zero-order chi connectivity index (χ0) is 22.9. The van der Waals surface area contributed by atoms with E-state index in [2.05, 4.69) is 24.7 Å². The normalized spacial score (nSPS) is 16.7. The van der Waals surface area contributed by atoms with Gasteiger partial charge in [-0.2, -0.15) is 0 Å². The molecule has 0 saturated heterocycles. The van der Waals surface area contributed by atoms with Crippen LogP contribution < -0.4 is 14.8 Å². The van der Waals surface area contributed by atoms with Gasteiger partial charge in [0, 0.05) is 22.8 Å². The Morgan fingerprint density at radius 2 is 1.88 bits per heavy atom. The number of hydrogen-bond donors (Lipinski definition) is 3. The summed E-state index contributed by atoms with van der Waals surface area (Å²) in [5.74, 6) is -0.393. The van der Waals surface area contributed by atoms with Crippen molar-refractivity contribution in [2.75, 3.05) is 10.0 Å². The Kier molecular flexibility index (Phi) is 5.71. The van der Waals surface area contributed by atoms with Crippen LogP contribution >= 0.6 is 11.3 Å². The molecule has 1 aliphatic rings. The van der Waals surface area contributed by atoms with Gasteiger partial charge in [-0.05, 0) is 43.3 Å². The molecule has 1 amide bonds. The molecule has 32 heavy (non-hydrogen) atoms. The Labute approximate surface area is 188 Å². The third kappa shape index (κ3) is 4.49. The van der Waals surface area contributed by atoms with Crippen molar-refractivity contribution in [1.29, 1.82) is 0 Å². The summed E-state index contributed by atoms with van der Waals surface area (Å²) in [7, 11) is -7.50. The van der Waals surface area contributed by atoms with Crippen LogP contribution in [-0.2, 0) is 24.8 Å². The third-order valence-electron chi connectivity index (χ3n) is 4.45. The van der Waals surface area contributed by atoms with Gasteiger partial charge in [-0.25, -0.2) is 21.8 Å². The van der Waals surface area contributed by atoms with Crippen LogP contribution in [0.25, 0.3) is 0 Å². The van der Waals surface area contributed by atoms with Crippen molar-refractivity contribution in [1.82, 2.24) is 9.71 Å². The van der Waals surface area contributed by atoms with Gasteiger partial charge < -0.3 is 5.32 Å². The van der Waals surface area contributed by atoms with E-state index in [1.807, 2.05) is 0 Å². The summed E-state index contributed by atoms with van der Waals surface area (Å²) in [5, 5.41) is 4.53. The van der Waals surface area contributed by atoms with E-state index in [-0.39, 0.29) is 20.8 Å². The van der Waals surface area contributed by atoms with Gasteiger partial charge in [-0.15, -0.1) is 11.3 Å². The van der Waals surface area contributed by atoms with E-state index in [4.69, 9.17) is 0 Å². The molecular weight excluding hydrogens is 474 g/mol. The lowest BCUT2D eigenvalue weighted by Gasteiger charge is -2.11. The smallest absolute Gasteiger partial charge is 0.263 e. The first-order valence-corrected chi connectivity index (χ1v) is 13.0. The van der Waals surface area contributed by atoms with Crippen molar-refractivity contribution in [3.05, 3.63) is 65.7 Å². The first-order chi connectivity index (χ1) is 15.2. The number of nitrogens with one attached hydrogen (secondary N) is 3. The van der Waals surface area contributed by atoms with Gasteiger partial charge >= 0.3 is 0 Å². The minimum atomic E-state index is -3.80. The quantitative estimate of drug-likeness (QED) is 0.481. The Hall–Kier alpha value is -3.29. The van der Waals surface area contributed by atoms with Crippen LogP contribution in [0.3, 0.4) is 0 Å². The summed E-state index contributed by atoms with van der Waals surface area (Å²) in [5.41, 5.74) is 0.761. The zero-order valence-electron chi connectivity index (χ0n) is 16.5. The second-order valence-electron chi connectivity index (χ2n) is 6.71. The fraction of sp³-hybridized carbons (Fsp3) is 0.105. The highest BCUT2D eigenvalue weighted by Crippen LogP contribution is 2.23. The topological polar surface area (TPSA) is 147 Å². The van der Waals surface area contributed by atoms with E-state index in [1.165, 1.54) is 43.5 Å². The van der Waals surface area contributed by atoms with Crippen molar-refractivity contribution >= 4 is 53.9 Å². The molecule has 1 aromatic heterocycles. The maximum atomic E-state index is 12.5. The molecule has 4 rings (SSSR count). The number of thiazole rings is 1. The minimum absolute atomic E-state index is 0.0101. The van der Waals surface area contributed by atoms with Crippen LogP contribution in [0.2, 0.25) is 0 Å². The number of rotatable bonds is 6. The van der Waals surface area contributed by atoms with Crippen LogP contribution in [0.4, 0.5) is 10.8 Å². The van der Waals surface area contributed by atoms with Gasteiger partial charge in [-0.1, -0.05) is 12.1 Å². The molecule has 0 fully saturated rings. The Morgan fingerprint density at radius 1 is 1.16 bits per heavy atom. The van der Waals surface area contributed by atoms with Gasteiger partial charge in [0.1, 0.15) is 11.9 Å². The number of amidine groups is 1. The van der Waals surface area contributed by atoms with Gasteiger partial charge in [0.25, 0.3) is 20.0 Å². The molecule has 3 N–H and O–H groups in total. The van der Waals surface area contributed by atoms with E-state index >= 15 is 0 Å². The fourth-order valence-electron chi connectivity index (χ4n) is 2.89. The number of carbonyl (C=O) groups excluding carboxylic acids is 1. The molecule has 0 unspecified atom stereocenters. The maximum absolute atomic E-state index is 12.5. The Bertz CT molecular complexity index is 1400. The molecule has 1 aliphatic heterocycles. The SMILES string of the molecule is C[C@@H](N=C1NS(=O)(=O)c2ccccc21)C(=O)Nc1ccc(S(=O)(=O)Nc2nccs2)cc1. The number of hydrogen-bond acceptors (Lipinski definition) is 8. The molecule has 0 aliphatic carbocycles. The van der Waals surface area contributed by atoms with Crippen molar-refractivity contribution in [2.24, 2.45) is 4.99 Å². The monoisotopic (exact) mass is 491 g/mol. The molecule has 166 valence electrons. The van der Waals surface area contributed by atoms with E-state index < -0.39 is 32.0 Å². The Balaban J connectivity index is 1.46. The number of amides is 1. The van der Waals surface area contributed by atoms with Crippen molar-refractivity contribution < 1.29 is 21.6 Å². The molecule has 2 aromatic carbocycles. The summed E-state index contributed by atoms with van der Waals surface area (Å²) < 4.78 is 53.8. The number of nitrogens with zero attached hydrogens (tertiary/aromatic N) is 2. The van der Waals surface area contributed by atoms with E-state index in [0.717, 1.165) is 11.3 Å². The molecule has 1 atom stereocenters. The lowest BCUT2D eigenvalue weighted by Crippen LogP contribution is -2.28. The summed E-state index contributed by atoms with van der Waals surface area (Å²) in [6.07, 6.45) is 1.49. The lowest BCUT2D eigenvalue weighted by atomic mass is 10.2. The molecule has 0 radical (unpaired) electrons. The summed E-state index contributed by atoms with van der Waals surface area (Å²) in [6, 6.07) is 11.0. The number of carbonyl (C=O) groups is 1. The van der Waals surface area contributed by atoms with Crippen molar-refractivity contribution in [3.63, 3.8) is 0 Å². The molecule has 0 bridgehead atoms. The summed E-state index contributed by atoms with van der Waals surface area (Å²) in [6.45, 7) is 1.52. The molecule has 3 aromatic rings. The first kappa shape index (κ1) is 21.9. The van der Waals surface area contributed by atoms with Crippen LogP contribution in [0.1, 0.15) is 12.5 Å².